The van der Waals surface area contributed by atoms with Gasteiger partial charge in [0, 0.05) is 11.6 Å². The molecule has 166 valence electrons. The quantitative estimate of drug-likeness (QED) is 0.454. The standard InChI is InChI=1S/C24H28FNO5/c1-5-16(2)23(24(28)30-4)26-22(27)13-11-17-10-12-20(21(14-17)29-3)31-15-18-8-6-7-9-19(18)25/h6-14,16,23H,5,15H2,1-4H3,(H,26,27)/b13-11+/t16-,23-/m1/s1. The van der Waals surface area contributed by atoms with E-state index >= 15 is 0 Å². The van der Waals surface area contributed by atoms with Gasteiger partial charge in [-0.2, -0.15) is 0 Å². The van der Waals surface area contributed by atoms with E-state index in [1.807, 2.05) is 13.8 Å². The van der Waals surface area contributed by atoms with Gasteiger partial charge in [0.05, 0.1) is 14.2 Å². The summed E-state index contributed by atoms with van der Waals surface area (Å²) in [4.78, 5) is 24.2. The first-order chi connectivity index (χ1) is 14.9. The third kappa shape index (κ3) is 6.84. The Kier molecular flexibility index (Phi) is 9.06. The molecule has 2 aromatic carbocycles. The smallest absolute Gasteiger partial charge is 0.328 e. The van der Waals surface area contributed by atoms with Gasteiger partial charge in [0.1, 0.15) is 18.5 Å². The van der Waals surface area contributed by atoms with Gasteiger partial charge in [0.2, 0.25) is 5.91 Å². The predicted molar refractivity (Wildman–Crippen MR) is 116 cm³/mol. The number of ether oxygens (including phenoxy) is 3. The minimum absolute atomic E-state index is 0.0595. The Balaban J connectivity index is 2.06. The van der Waals surface area contributed by atoms with Crippen molar-refractivity contribution in [1.29, 1.82) is 0 Å². The molecular formula is C24H28FNO5. The molecule has 0 saturated heterocycles. The van der Waals surface area contributed by atoms with E-state index in [1.54, 1.807) is 42.5 Å². The van der Waals surface area contributed by atoms with Crippen LogP contribution < -0.4 is 14.8 Å². The summed E-state index contributed by atoms with van der Waals surface area (Å²) < 4.78 is 29.6. The average molecular weight is 429 g/mol. The fraction of sp³-hybridized carbons (Fsp3) is 0.333. The first kappa shape index (κ1) is 23.9. The maximum Gasteiger partial charge on any atom is 0.328 e. The summed E-state index contributed by atoms with van der Waals surface area (Å²) >= 11 is 0. The minimum Gasteiger partial charge on any atom is -0.493 e. The fourth-order valence-corrected chi connectivity index (χ4v) is 2.85. The highest BCUT2D eigenvalue weighted by Crippen LogP contribution is 2.29. The maximum atomic E-state index is 13.8. The molecule has 2 aromatic rings. The van der Waals surface area contributed by atoms with E-state index < -0.39 is 17.9 Å². The number of carbonyl (C=O) groups excluding carboxylic acids is 2. The molecule has 7 heteroatoms. The molecule has 2 atom stereocenters. The third-order valence-electron chi connectivity index (χ3n) is 4.92. The average Bonchev–Trinajstić information content (AvgIpc) is 2.79. The second kappa shape index (κ2) is 11.7. The Labute approximate surface area is 182 Å². The number of esters is 1. The Bertz CT molecular complexity index is 928. The monoisotopic (exact) mass is 429 g/mol. The van der Waals surface area contributed by atoms with Gasteiger partial charge in [0.15, 0.2) is 11.5 Å². The number of methoxy groups -OCH3 is 2. The zero-order chi connectivity index (χ0) is 22.8. The van der Waals surface area contributed by atoms with E-state index in [9.17, 15) is 14.0 Å². The summed E-state index contributed by atoms with van der Waals surface area (Å²) in [6.07, 6.45) is 3.66. The van der Waals surface area contributed by atoms with Crippen molar-refractivity contribution >= 4 is 18.0 Å². The van der Waals surface area contributed by atoms with Crippen molar-refractivity contribution in [2.24, 2.45) is 5.92 Å². The topological polar surface area (TPSA) is 73.9 Å². The third-order valence-corrected chi connectivity index (χ3v) is 4.92. The molecule has 6 nitrogen and oxygen atoms in total. The SMILES string of the molecule is CC[C@@H](C)[C@@H](NC(=O)/C=C/c1ccc(OCc2ccccc2F)c(OC)c1)C(=O)OC. The van der Waals surface area contributed by atoms with Crippen LogP contribution in [0.5, 0.6) is 11.5 Å². The molecule has 0 aromatic heterocycles. The van der Waals surface area contributed by atoms with Crippen molar-refractivity contribution in [2.45, 2.75) is 32.9 Å². The van der Waals surface area contributed by atoms with Crippen LogP contribution in [0, 0.1) is 11.7 Å². The van der Waals surface area contributed by atoms with Gasteiger partial charge in [-0.05, 0) is 35.8 Å². The lowest BCUT2D eigenvalue weighted by atomic mass is 9.99. The van der Waals surface area contributed by atoms with E-state index in [-0.39, 0.29) is 18.3 Å². The van der Waals surface area contributed by atoms with Crippen LogP contribution in [0.2, 0.25) is 0 Å². The van der Waals surface area contributed by atoms with Crippen LogP contribution in [0.25, 0.3) is 6.08 Å². The van der Waals surface area contributed by atoms with Crippen LogP contribution in [0.4, 0.5) is 4.39 Å². The molecule has 0 fully saturated rings. The zero-order valence-corrected chi connectivity index (χ0v) is 18.2. The Morgan fingerprint density at radius 2 is 1.87 bits per heavy atom. The van der Waals surface area contributed by atoms with Crippen molar-refractivity contribution in [3.63, 3.8) is 0 Å². The normalized spacial score (nSPS) is 12.8. The summed E-state index contributed by atoms with van der Waals surface area (Å²) in [5, 5.41) is 2.68. The second-order valence-corrected chi connectivity index (χ2v) is 7.02. The van der Waals surface area contributed by atoms with E-state index in [0.29, 0.717) is 22.6 Å². The molecule has 1 amide bonds. The van der Waals surface area contributed by atoms with Crippen molar-refractivity contribution < 1.29 is 28.2 Å². The molecule has 1 N–H and O–H groups in total. The van der Waals surface area contributed by atoms with Gasteiger partial charge in [0.25, 0.3) is 0 Å². The highest BCUT2D eigenvalue weighted by atomic mass is 19.1. The molecular weight excluding hydrogens is 401 g/mol. The minimum atomic E-state index is -0.712. The molecule has 0 radical (unpaired) electrons. The van der Waals surface area contributed by atoms with E-state index in [2.05, 4.69) is 5.32 Å². The van der Waals surface area contributed by atoms with Crippen LogP contribution in [0.15, 0.2) is 48.5 Å². The lowest BCUT2D eigenvalue weighted by molar-refractivity contribution is -0.146. The number of hydrogen-bond donors (Lipinski definition) is 1. The summed E-state index contributed by atoms with van der Waals surface area (Å²) in [5.41, 5.74) is 1.13. The molecule has 0 spiro atoms. The lowest BCUT2D eigenvalue weighted by Gasteiger charge is -2.21. The molecule has 0 saturated carbocycles. The Morgan fingerprint density at radius 3 is 2.52 bits per heavy atom. The van der Waals surface area contributed by atoms with E-state index in [0.717, 1.165) is 6.42 Å². The van der Waals surface area contributed by atoms with Gasteiger partial charge in [-0.1, -0.05) is 44.5 Å². The summed E-state index contributed by atoms with van der Waals surface area (Å²) in [6, 6.07) is 10.8. The Hall–Kier alpha value is -3.35. The second-order valence-electron chi connectivity index (χ2n) is 7.02. The van der Waals surface area contributed by atoms with Crippen molar-refractivity contribution in [3.05, 3.63) is 65.5 Å². The van der Waals surface area contributed by atoms with Crippen LogP contribution in [0.3, 0.4) is 0 Å². The number of carbonyl (C=O) groups is 2. The molecule has 0 unspecified atom stereocenters. The van der Waals surface area contributed by atoms with Gasteiger partial charge < -0.3 is 19.5 Å². The van der Waals surface area contributed by atoms with Crippen LogP contribution >= 0.6 is 0 Å². The van der Waals surface area contributed by atoms with Gasteiger partial charge in [-0.15, -0.1) is 0 Å². The first-order valence-electron chi connectivity index (χ1n) is 10.00. The van der Waals surface area contributed by atoms with Gasteiger partial charge in [-0.25, -0.2) is 9.18 Å². The van der Waals surface area contributed by atoms with Crippen LogP contribution in [-0.2, 0) is 20.9 Å². The first-order valence-corrected chi connectivity index (χ1v) is 10.00. The molecule has 31 heavy (non-hydrogen) atoms. The zero-order valence-electron chi connectivity index (χ0n) is 18.2. The lowest BCUT2D eigenvalue weighted by Crippen LogP contribution is -2.45. The fourth-order valence-electron chi connectivity index (χ4n) is 2.85. The molecule has 0 aliphatic carbocycles. The van der Waals surface area contributed by atoms with Crippen LogP contribution in [0.1, 0.15) is 31.4 Å². The highest BCUT2D eigenvalue weighted by molar-refractivity contribution is 5.94. The molecule has 0 heterocycles. The number of rotatable bonds is 10. The van der Waals surface area contributed by atoms with Crippen molar-refractivity contribution in [1.82, 2.24) is 5.32 Å². The number of halogens is 1. The molecule has 0 aliphatic heterocycles. The van der Waals surface area contributed by atoms with Crippen molar-refractivity contribution in [3.8, 4) is 11.5 Å². The summed E-state index contributed by atoms with van der Waals surface area (Å²) in [7, 11) is 2.79. The molecule has 2 rings (SSSR count). The number of amides is 1. The van der Waals surface area contributed by atoms with E-state index in [1.165, 1.54) is 26.4 Å². The molecule has 0 aliphatic rings. The summed E-state index contributed by atoms with van der Waals surface area (Å²) in [6.45, 7) is 3.87. The predicted octanol–water partition coefficient (Wildman–Crippen LogP) is 4.13. The maximum absolute atomic E-state index is 13.8. The van der Waals surface area contributed by atoms with E-state index in [4.69, 9.17) is 14.2 Å². The van der Waals surface area contributed by atoms with Crippen molar-refractivity contribution in [2.75, 3.05) is 14.2 Å². The van der Waals surface area contributed by atoms with Crippen LogP contribution in [-0.4, -0.2) is 32.1 Å². The van der Waals surface area contributed by atoms with Gasteiger partial charge in [-0.3, -0.25) is 4.79 Å². The summed E-state index contributed by atoms with van der Waals surface area (Å²) in [5.74, 6) is -0.380. The molecule has 0 bridgehead atoms. The van der Waals surface area contributed by atoms with Gasteiger partial charge >= 0.3 is 5.97 Å². The number of hydrogen-bond acceptors (Lipinski definition) is 5. The Morgan fingerprint density at radius 1 is 1.13 bits per heavy atom. The number of nitrogens with one attached hydrogen (secondary N) is 1. The number of benzene rings is 2. The highest BCUT2D eigenvalue weighted by Gasteiger charge is 2.25. The largest absolute Gasteiger partial charge is 0.493 e.